The Labute approximate surface area is 142 Å². The fourth-order valence-corrected chi connectivity index (χ4v) is 3.53. The molecule has 0 radical (unpaired) electrons. The molecule has 1 saturated heterocycles. The third kappa shape index (κ3) is 5.66. The maximum atomic E-state index is 5.88. The summed E-state index contributed by atoms with van der Waals surface area (Å²) in [5.41, 5.74) is 0. The van der Waals surface area contributed by atoms with Gasteiger partial charge in [-0.3, -0.25) is 0 Å². The van der Waals surface area contributed by atoms with Crippen LogP contribution < -0.4 is 10.2 Å². The molecule has 6 heteroatoms. The van der Waals surface area contributed by atoms with Crippen molar-refractivity contribution in [2.24, 2.45) is 0 Å². The van der Waals surface area contributed by atoms with E-state index in [1.165, 1.54) is 24.5 Å². The standard InChI is InChI=1S/C15H22ClN3S2/c1-2-18-8-10-19(11-9-18)15(20)17-7-12-21-14-5-3-13(16)4-6-14/h3-6H,2,7-12H2,1H3,(H,17,20)/p+1. The van der Waals surface area contributed by atoms with Crippen molar-refractivity contribution < 1.29 is 4.90 Å². The van der Waals surface area contributed by atoms with Crippen LogP contribution in [0.3, 0.4) is 0 Å². The number of thiocarbonyl (C=S) groups is 1. The lowest BCUT2D eigenvalue weighted by Gasteiger charge is -2.33. The molecule has 0 aromatic heterocycles. The van der Waals surface area contributed by atoms with Crippen LogP contribution in [-0.2, 0) is 0 Å². The summed E-state index contributed by atoms with van der Waals surface area (Å²) in [5.74, 6) is 1.00. The van der Waals surface area contributed by atoms with Crippen LogP contribution in [0, 0.1) is 0 Å². The van der Waals surface area contributed by atoms with Gasteiger partial charge in [0.25, 0.3) is 0 Å². The minimum atomic E-state index is 0.784. The van der Waals surface area contributed by atoms with Gasteiger partial charge in [0.2, 0.25) is 0 Å². The van der Waals surface area contributed by atoms with E-state index in [4.69, 9.17) is 23.8 Å². The largest absolute Gasteiger partial charge is 0.362 e. The maximum absolute atomic E-state index is 5.88. The normalized spacial score (nSPS) is 16.0. The van der Waals surface area contributed by atoms with Crippen molar-refractivity contribution in [2.75, 3.05) is 45.0 Å². The van der Waals surface area contributed by atoms with Crippen LogP contribution in [0.25, 0.3) is 0 Å². The minimum Gasteiger partial charge on any atom is -0.362 e. The molecule has 2 rings (SSSR count). The molecular weight excluding hydrogens is 322 g/mol. The SMILES string of the molecule is CC[NH+]1CCN(C(=S)NCCSc2ccc(Cl)cc2)CC1. The van der Waals surface area contributed by atoms with Gasteiger partial charge in [-0.25, -0.2) is 0 Å². The smallest absolute Gasteiger partial charge is 0.169 e. The van der Waals surface area contributed by atoms with Gasteiger partial charge in [-0.15, -0.1) is 11.8 Å². The third-order valence-electron chi connectivity index (χ3n) is 3.72. The van der Waals surface area contributed by atoms with E-state index in [1.54, 1.807) is 4.90 Å². The van der Waals surface area contributed by atoms with Crippen molar-refractivity contribution in [3.05, 3.63) is 29.3 Å². The van der Waals surface area contributed by atoms with Crippen LogP contribution in [0.15, 0.2) is 29.2 Å². The van der Waals surface area contributed by atoms with Gasteiger partial charge in [0.1, 0.15) is 0 Å². The van der Waals surface area contributed by atoms with Gasteiger partial charge in [0, 0.05) is 22.2 Å². The monoisotopic (exact) mass is 344 g/mol. The van der Waals surface area contributed by atoms with Gasteiger partial charge in [-0.1, -0.05) is 11.6 Å². The number of halogens is 1. The first-order valence-electron chi connectivity index (χ1n) is 7.43. The lowest BCUT2D eigenvalue weighted by molar-refractivity contribution is -0.902. The van der Waals surface area contributed by atoms with Crippen molar-refractivity contribution in [3.63, 3.8) is 0 Å². The summed E-state index contributed by atoms with van der Waals surface area (Å²) in [7, 11) is 0. The molecule has 1 aromatic carbocycles. The average Bonchev–Trinajstić information content (AvgIpc) is 2.53. The molecule has 0 bridgehead atoms. The Morgan fingerprint density at radius 1 is 1.33 bits per heavy atom. The third-order valence-corrected chi connectivity index (χ3v) is 5.39. The van der Waals surface area contributed by atoms with E-state index in [-0.39, 0.29) is 0 Å². The molecule has 116 valence electrons. The molecule has 0 saturated carbocycles. The summed E-state index contributed by atoms with van der Waals surface area (Å²) >= 11 is 13.2. The van der Waals surface area contributed by atoms with Crippen molar-refractivity contribution in [1.29, 1.82) is 0 Å². The molecule has 1 aliphatic rings. The van der Waals surface area contributed by atoms with Crippen LogP contribution in [0.2, 0.25) is 5.02 Å². The average molecular weight is 345 g/mol. The summed E-state index contributed by atoms with van der Waals surface area (Å²) in [5, 5.41) is 5.06. The lowest BCUT2D eigenvalue weighted by Crippen LogP contribution is -3.14. The first-order chi connectivity index (χ1) is 10.2. The van der Waals surface area contributed by atoms with Crippen molar-refractivity contribution in [3.8, 4) is 0 Å². The number of piperazine rings is 1. The Bertz CT molecular complexity index is 445. The van der Waals surface area contributed by atoms with E-state index in [0.29, 0.717) is 0 Å². The molecule has 1 aromatic rings. The molecule has 0 amide bonds. The quantitative estimate of drug-likeness (QED) is 0.479. The zero-order valence-corrected chi connectivity index (χ0v) is 14.8. The Hall–Kier alpha value is -0.490. The van der Waals surface area contributed by atoms with Gasteiger partial charge in [-0.2, -0.15) is 0 Å². The van der Waals surface area contributed by atoms with Crippen LogP contribution in [0.1, 0.15) is 6.92 Å². The van der Waals surface area contributed by atoms with Crippen molar-refractivity contribution in [1.82, 2.24) is 10.2 Å². The number of thioether (sulfide) groups is 1. The van der Waals surface area contributed by atoms with Gasteiger partial charge >= 0.3 is 0 Å². The molecule has 3 nitrogen and oxygen atoms in total. The summed E-state index contributed by atoms with van der Waals surface area (Å²) < 4.78 is 0. The second-order valence-electron chi connectivity index (χ2n) is 5.12. The van der Waals surface area contributed by atoms with Crippen LogP contribution in [0.5, 0.6) is 0 Å². The molecule has 0 spiro atoms. The zero-order chi connectivity index (χ0) is 15.1. The van der Waals surface area contributed by atoms with Gasteiger partial charge < -0.3 is 15.1 Å². The van der Waals surface area contributed by atoms with E-state index in [0.717, 1.165) is 35.5 Å². The van der Waals surface area contributed by atoms with E-state index in [9.17, 15) is 0 Å². The molecule has 0 aliphatic carbocycles. The lowest BCUT2D eigenvalue weighted by atomic mass is 10.3. The molecule has 21 heavy (non-hydrogen) atoms. The molecule has 0 unspecified atom stereocenters. The molecule has 1 aliphatic heterocycles. The van der Waals surface area contributed by atoms with E-state index >= 15 is 0 Å². The predicted octanol–water partition coefficient (Wildman–Crippen LogP) is 1.53. The molecular formula is C15H23ClN3S2+. The maximum Gasteiger partial charge on any atom is 0.169 e. The van der Waals surface area contributed by atoms with Gasteiger partial charge in [0.05, 0.1) is 32.7 Å². The Morgan fingerprint density at radius 3 is 2.62 bits per heavy atom. The van der Waals surface area contributed by atoms with E-state index in [1.807, 2.05) is 23.9 Å². The fourth-order valence-electron chi connectivity index (χ4n) is 2.35. The van der Waals surface area contributed by atoms with Gasteiger partial charge in [0.15, 0.2) is 5.11 Å². The number of nitrogens with one attached hydrogen (secondary N) is 2. The minimum absolute atomic E-state index is 0.784. The highest BCUT2D eigenvalue weighted by molar-refractivity contribution is 7.99. The summed E-state index contributed by atoms with van der Waals surface area (Å²) in [6.45, 7) is 8.88. The number of nitrogens with zero attached hydrogens (tertiary/aromatic N) is 1. The summed E-state index contributed by atoms with van der Waals surface area (Å²) in [4.78, 5) is 5.21. The topological polar surface area (TPSA) is 19.7 Å². The number of rotatable bonds is 5. The highest BCUT2D eigenvalue weighted by atomic mass is 35.5. The van der Waals surface area contributed by atoms with Gasteiger partial charge in [-0.05, 0) is 43.4 Å². The molecule has 1 heterocycles. The van der Waals surface area contributed by atoms with E-state index in [2.05, 4.69) is 29.3 Å². The number of quaternary nitrogens is 1. The molecule has 0 atom stereocenters. The molecule has 1 fully saturated rings. The predicted molar refractivity (Wildman–Crippen MR) is 95.6 cm³/mol. The number of benzene rings is 1. The summed E-state index contributed by atoms with van der Waals surface area (Å²) in [6.07, 6.45) is 0. The van der Waals surface area contributed by atoms with Crippen LogP contribution >= 0.6 is 35.6 Å². The summed E-state index contributed by atoms with van der Waals surface area (Å²) in [6, 6.07) is 7.96. The van der Waals surface area contributed by atoms with Crippen molar-refractivity contribution in [2.45, 2.75) is 11.8 Å². The Morgan fingerprint density at radius 2 is 2.00 bits per heavy atom. The van der Waals surface area contributed by atoms with Crippen LogP contribution in [0.4, 0.5) is 0 Å². The Kier molecular flexibility index (Phi) is 7.10. The number of hydrogen-bond donors (Lipinski definition) is 2. The Balaban J connectivity index is 1.62. The zero-order valence-electron chi connectivity index (χ0n) is 12.4. The highest BCUT2D eigenvalue weighted by Gasteiger charge is 2.19. The fraction of sp³-hybridized carbons (Fsp3) is 0.533. The van der Waals surface area contributed by atoms with Crippen molar-refractivity contribution >= 4 is 40.7 Å². The van der Waals surface area contributed by atoms with E-state index < -0.39 is 0 Å². The second kappa shape index (κ2) is 8.83. The number of hydrogen-bond acceptors (Lipinski definition) is 2. The first kappa shape index (κ1) is 16.9. The number of likely N-dealkylation sites (N-methyl/N-ethyl adjacent to an activating group) is 1. The second-order valence-corrected chi connectivity index (χ2v) is 7.12. The first-order valence-corrected chi connectivity index (χ1v) is 9.21. The molecule has 2 N–H and O–H groups in total. The van der Waals surface area contributed by atoms with Crippen LogP contribution in [-0.4, -0.2) is 55.0 Å². The highest BCUT2D eigenvalue weighted by Crippen LogP contribution is 2.19.